The zero-order valence-electron chi connectivity index (χ0n) is 11.6. The number of ether oxygens (including phenoxy) is 1. The maximum absolute atomic E-state index is 11.1. The van der Waals surface area contributed by atoms with Crippen molar-refractivity contribution in [3.8, 4) is 10.6 Å². The van der Waals surface area contributed by atoms with Crippen molar-refractivity contribution in [2.75, 3.05) is 12.9 Å². The summed E-state index contributed by atoms with van der Waals surface area (Å²) in [5.41, 5.74) is 2.07. The van der Waals surface area contributed by atoms with Crippen LogP contribution in [0.4, 0.5) is 0 Å². The quantitative estimate of drug-likeness (QED) is 0.597. The van der Waals surface area contributed by atoms with Crippen LogP contribution in [0.2, 0.25) is 0 Å². The van der Waals surface area contributed by atoms with Crippen molar-refractivity contribution < 1.29 is 9.53 Å². The summed E-state index contributed by atoms with van der Waals surface area (Å²) in [7, 11) is 1.41. The Morgan fingerprint density at radius 3 is 2.75 bits per heavy atom. The smallest absolute Gasteiger partial charge is 0.305 e. The third-order valence-corrected chi connectivity index (χ3v) is 4.61. The summed E-state index contributed by atoms with van der Waals surface area (Å²) < 4.78 is 4.63. The molecule has 0 N–H and O–H groups in total. The van der Waals surface area contributed by atoms with E-state index in [1.165, 1.54) is 12.0 Å². The number of thiazole rings is 1. The molecule has 3 nitrogen and oxygen atoms in total. The minimum absolute atomic E-state index is 0.194. The Balaban J connectivity index is 2.02. The molecule has 0 fully saturated rings. The molecule has 0 amide bonds. The molecule has 1 aromatic heterocycles. The molecule has 0 atom stereocenters. The van der Waals surface area contributed by atoms with Crippen molar-refractivity contribution in [2.45, 2.75) is 24.7 Å². The number of methoxy groups -OCH3 is 1. The average Bonchev–Trinajstić information content (AvgIpc) is 2.95. The highest BCUT2D eigenvalue weighted by atomic mass is 32.2. The molecule has 0 unspecified atom stereocenters. The van der Waals surface area contributed by atoms with Crippen LogP contribution in [0.25, 0.3) is 10.6 Å². The summed E-state index contributed by atoms with van der Waals surface area (Å²) in [6, 6.07) is 8.44. The van der Waals surface area contributed by atoms with Gasteiger partial charge in [-0.1, -0.05) is 19.1 Å². The summed E-state index contributed by atoms with van der Waals surface area (Å²) in [6.07, 6.45) is 1.01. The fraction of sp³-hybridized carbons (Fsp3) is 0.333. The number of aryl methyl sites for hydroxylation is 1. The lowest BCUT2D eigenvalue weighted by Crippen LogP contribution is -2.01. The first-order chi connectivity index (χ1) is 9.72. The maximum Gasteiger partial charge on any atom is 0.305 e. The van der Waals surface area contributed by atoms with Crippen LogP contribution in [0.15, 0.2) is 34.5 Å². The Morgan fingerprint density at radius 1 is 1.35 bits per heavy atom. The summed E-state index contributed by atoms with van der Waals surface area (Å²) in [6.45, 7) is 2.15. The van der Waals surface area contributed by atoms with E-state index in [0.717, 1.165) is 22.0 Å². The van der Waals surface area contributed by atoms with Crippen molar-refractivity contribution >= 4 is 29.1 Å². The monoisotopic (exact) mass is 307 g/mol. The van der Waals surface area contributed by atoms with Crippen molar-refractivity contribution in [1.82, 2.24) is 4.98 Å². The van der Waals surface area contributed by atoms with E-state index in [-0.39, 0.29) is 5.97 Å². The number of thioether (sulfide) groups is 1. The van der Waals surface area contributed by atoms with Gasteiger partial charge in [-0.2, -0.15) is 0 Å². The lowest BCUT2D eigenvalue weighted by Gasteiger charge is -2.00. The van der Waals surface area contributed by atoms with Gasteiger partial charge in [0, 0.05) is 22.3 Å². The molecule has 0 aliphatic heterocycles. The Morgan fingerprint density at radius 2 is 2.10 bits per heavy atom. The van der Waals surface area contributed by atoms with Gasteiger partial charge in [0.25, 0.3) is 0 Å². The van der Waals surface area contributed by atoms with E-state index in [0.29, 0.717) is 12.8 Å². The molecule has 5 heteroatoms. The van der Waals surface area contributed by atoms with Crippen molar-refractivity contribution in [3.05, 3.63) is 35.3 Å². The van der Waals surface area contributed by atoms with E-state index in [2.05, 4.69) is 40.9 Å². The Labute approximate surface area is 127 Å². The van der Waals surface area contributed by atoms with E-state index >= 15 is 0 Å². The van der Waals surface area contributed by atoms with E-state index in [1.54, 1.807) is 11.3 Å². The number of hydrogen-bond acceptors (Lipinski definition) is 5. The van der Waals surface area contributed by atoms with Crippen LogP contribution in [0.3, 0.4) is 0 Å². The molecule has 0 aliphatic carbocycles. The highest BCUT2D eigenvalue weighted by Crippen LogP contribution is 2.27. The maximum atomic E-state index is 11.1. The second kappa shape index (κ2) is 7.45. The van der Waals surface area contributed by atoms with Gasteiger partial charge in [0.15, 0.2) is 0 Å². The van der Waals surface area contributed by atoms with Crippen molar-refractivity contribution in [3.63, 3.8) is 0 Å². The Bertz CT molecular complexity index is 564. The summed E-state index contributed by atoms with van der Waals surface area (Å²) in [4.78, 5) is 17.0. The molecule has 1 heterocycles. The predicted octanol–water partition coefficient (Wildman–Crippen LogP) is 4.03. The number of carbonyl (C=O) groups is 1. The molecule has 20 heavy (non-hydrogen) atoms. The van der Waals surface area contributed by atoms with E-state index in [4.69, 9.17) is 0 Å². The van der Waals surface area contributed by atoms with Gasteiger partial charge in [0.1, 0.15) is 5.01 Å². The first-order valence-electron chi connectivity index (χ1n) is 6.47. The lowest BCUT2D eigenvalue weighted by atomic mass is 10.2. The van der Waals surface area contributed by atoms with E-state index in [9.17, 15) is 4.79 Å². The first kappa shape index (κ1) is 15.1. The standard InChI is InChI=1S/C15H17NO2S2/c1-3-19-13-7-4-11(5-8-13)15-16-12(10-20-15)6-9-14(17)18-2/h4-5,7-8,10H,3,6,9H2,1-2H3. The molecule has 0 saturated heterocycles. The van der Waals surface area contributed by atoms with E-state index < -0.39 is 0 Å². The van der Waals surface area contributed by atoms with Gasteiger partial charge in [0.05, 0.1) is 19.2 Å². The van der Waals surface area contributed by atoms with E-state index in [1.807, 2.05) is 17.1 Å². The zero-order valence-corrected chi connectivity index (χ0v) is 13.2. The van der Waals surface area contributed by atoms with Crippen LogP contribution in [0.1, 0.15) is 19.0 Å². The minimum atomic E-state index is -0.194. The van der Waals surface area contributed by atoms with Gasteiger partial charge in [-0.25, -0.2) is 4.98 Å². The van der Waals surface area contributed by atoms with Gasteiger partial charge in [0.2, 0.25) is 0 Å². The zero-order chi connectivity index (χ0) is 14.4. The van der Waals surface area contributed by atoms with Gasteiger partial charge in [-0.05, 0) is 17.9 Å². The van der Waals surface area contributed by atoms with Gasteiger partial charge >= 0.3 is 5.97 Å². The van der Waals surface area contributed by atoms with Crippen LogP contribution < -0.4 is 0 Å². The second-order valence-corrected chi connectivity index (χ2v) is 6.37. The molecule has 0 saturated carbocycles. The number of benzene rings is 1. The second-order valence-electron chi connectivity index (χ2n) is 4.18. The number of aromatic nitrogens is 1. The average molecular weight is 307 g/mol. The predicted molar refractivity (Wildman–Crippen MR) is 84.3 cm³/mol. The normalized spacial score (nSPS) is 10.5. The molecule has 0 bridgehead atoms. The minimum Gasteiger partial charge on any atom is -0.469 e. The number of carbonyl (C=O) groups excluding carboxylic acids is 1. The molecular formula is C15H17NO2S2. The highest BCUT2D eigenvalue weighted by molar-refractivity contribution is 7.99. The Kier molecular flexibility index (Phi) is 5.61. The fourth-order valence-corrected chi connectivity index (χ4v) is 3.27. The molecular weight excluding hydrogens is 290 g/mol. The van der Waals surface area contributed by atoms with Crippen LogP contribution >= 0.6 is 23.1 Å². The van der Waals surface area contributed by atoms with Crippen LogP contribution in [-0.2, 0) is 16.0 Å². The molecule has 2 rings (SSSR count). The summed E-state index contributed by atoms with van der Waals surface area (Å²) in [5.74, 6) is 0.884. The van der Waals surface area contributed by atoms with Gasteiger partial charge < -0.3 is 4.74 Å². The molecule has 2 aromatic rings. The summed E-state index contributed by atoms with van der Waals surface area (Å²) in [5, 5.41) is 3.00. The fourth-order valence-electron chi connectivity index (χ4n) is 1.75. The number of nitrogens with zero attached hydrogens (tertiary/aromatic N) is 1. The van der Waals surface area contributed by atoms with Crippen LogP contribution in [-0.4, -0.2) is 23.8 Å². The number of hydrogen-bond donors (Lipinski definition) is 0. The summed E-state index contributed by atoms with van der Waals surface area (Å²) >= 11 is 3.44. The lowest BCUT2D eigenvalue weighted by molar-refractivity contribution is -0.140. The van der Waals surface area contributed by atoms with Crippen LogP contribution in [0.5, 0.6) is 0 Å². The number of rotatable bonds is 6. The third-order valence-electron chi connectivity index (χ3n) is 2.78. The topological polar surface area (TPSA) is 39.2 Å². The molecule has 1 aromatic carbocycles. The van der Waals surface area contributed by atoms with Crippen LogP contribution in [0, 0.1) is 0 Å². The Hall–Kier alpha value is -1.33. The van der Waals surface area contributed by atoms with Gasteiger partial charge in [-0.15, -0.1) is 23.1 Å². The van der Waals surface area contributed by atoms with Crippen molar-refractivity contribution in [1.29, 1.82) is 0 Å². The highest BCUT2D eigenvalue weighted by Gasteiger charge is 2.07. The number of esters is 1. The molecule has 106 valence electrons. The molecule has 0 spiro atoms. The first-order valence-corrected chi connectivity index (χ1v) is 8.34. The third kappa shape index (κ3) is 4.08. The van der Waals surface area contributed by atoms with Crippen molar-refractivity contribution in [2.24, 2.45) is 0 Å². The molecule has 0 aliphatic rings. The molecule has 0 radical (unpaired) electrons. The largest absolute Gasteiger partial charge is 0.469 e. The van der Waals surface area contributed by atoms with Gasteiger partial charge in [-0.3, -0.25) is 4.79 Å². The SMILES string of the molecule is CCSc1ccc(-c2nc(CCC(=O)OC)cs2)cc1.